The molecule has 1 atom stereocenters. The molecule has 1 aromatic heterocycles. The van der Waals surface area contributed by atoms with Crippen molar-refractivity contribution < 1.29 is 4.79 Å². The quantitative estimate of drug-likeness (QED) is 0.872. The molecule has 0 spiro atoms. The summed E-state index contributed by atoms with van der Waals surface area (Å²) in [5, 5.41) is 7.92. The first kappa shape index (κ1) is 17.2. The molecule has 1 fully saturated rings. The maximum atomic E-state index is 12.9. The first-order valence-corrected chi connectivity index (χ1v) is 9.03. The van der Waals surface area contributed by atoms with Crippen LogP contribution >= 0.6 is 15.9 Å². The van der Waals surface area contributed by atoms with Gasteiger partial charge >= 0.3 is 0 Å². The first-order chi connectivity index (χ1) is 11.5. The van der Waals surface area contributed by atoms with Crippen molar-refractivity contribution in [1.29, 1.82) is 0 Å². The summed E-state index contributed by atoms with van der Waals surface area (Å²) in [6.45, 7) is 6.40. The molecule has 5 nitrogen and oxygen atoms in total. The van der Waals surface area contributed by atoms with Gasteiger partial charge in [-0.25, -0.2) is 0 Å². The Morgan fingerprint density at radius 1 is 1.46 bits per heavy atom. The summed E-state index contributed by atoms with van der Waals surface area (Å²) in [6.07, 6.45) is 1.01. The van der Waals surface area contributed by atoms with E-state index in [1.165, 1.54) is 0 Å². The van der Waals surface area contributed by atoms with Crippen LogP contribution in [0.15, 0.2) is 28.7 Å². The average Bonchev–Trinajstić information content (AvgIpc) is 3.16. The fourth-order valence-corrected chi connectivity index (χ4v) is 3.73. The molecule has 2 aromatic rings. The normalized spacial score (nSPS) is 17.2. The molecular weight excluding hydrogens is 368 g/mol. The third-order valence-electron chi connectivity index (χ3n) is 4.72. The van der Waals surface area contributed by atoms with Crippen molar-refractivity contribution >= 4 is 21.8 Å². The van der Waals surface area contributed by atoms with Crippen molar-refractivity contribution in [2.45, 2.75) is 32.9 Å². The van der Waals surface area contributed by atoms with Crippen LogP contribution in [0, 0.1) is 13.8 Å². The summed E-state index contributed by atoms with van der Waals surface area (Å²) in [5.74, 6) is 0.0687. The highest BCUT2D eigenvalue weighted by Gasteiger charge is 2.28. The molecule has 0 saturated carbocycles. The summed E-state index contributed by atoms with van der Waals surface area (Å²) in [6, 6.07) is 8.43. The fourth-order valence-electron chi connectivity index (χ4n) is 3.28. The molecule has 24 heavy (non-hydrogen) atoms. The maximum Gasteiger partial charge on any atom is 0.257 e. The lowest BCUT2D eigenvalue weighted by Crippen LogP contribution is -2.38. The number of rotatable bonds is 4. The van der Waals surface area contributed by atoms with Crippen LogP contribution in [-0.2, 0) is 6.54 Å². The van der Waals surface area contributed by atoms with Gasteiger partial charge in [-0.3, -0.25) is 9.48 Å². The molecular formula is C18H23BrN4O. The van der Waals surface area contributed by atoms with E-state index in [2.05, 4.69) is 38.5 Å². The van der Waals surface area contributed by atoms with E-state index >= 15 is 0 Å². The standard InChI is InChI=1S/C18H23BrN4O/c1-12-17(18(24)22(3)16-7-8-20-10-16)13(2)23(21-12)11-14-5-4-6-15(19)9-14/h4-6,9,16,20H,7-8,10-11H2,1-3H3/t16-/m0/s1. The zero-order valence-electron chi connectivity index (χ0n) is 14.3. The number of likely N-dealkylation sites (N-methyl/N-ethyl adjacent to an activating group) is 1. The number of amides is 1. The Labute approximate surface area is 151 Å². The van der Waals surface area contributed by atoms with Crippen LogP contribution in [0.3, 0.4) is 0 Å². The fraction of sp³-hybridized carbons (Fsp3) is 0.444. The van der Waals surface area contributed by atoms with Gasteiger partial charge in [-0.1, -0.05) is 28.1 Å². The van der Waals surface area contributed by atoms with E-state index in [-0.39, 0.29) is 11.9 Å². The molecule has 0 aliphatic carbocycles. The molecule has 1 saturated heterocycles. The Bertz CT molecular complexity index is 749. The molecule has 0 bridgehead atoms. The van der Waals surface area contributed by atoms with E-state index in [1.807, 2.05) is 42.6 Å². The maximum absolute atomic E-state index is 12.9. The molecule has 2 heterocycles. The SMILES string of the molecule is Cc1nn(Cc2cccc(Br)c2)c(C)c1C(=O)N(C)[C@H]1CCNC1. The highest BCUT2D eigenvalue weighted by atomic mass is 79.9. The monoisotopic (exact) mass is 390 g/mol. The number of aromatic nitrogens is 2. The van der Waals surface area contributed by atoms with Gasteiger partial charge in [-0.05, 0) is 44.5 Å². The number of halogens is 1. The molecule has 1 amide bonds. The first-order valence-electron chi connectivity index (χ1n) is 8.23. The minimum Gasteiger partial charge on any atom is -0.337 e. The van der Waals surface area contributed by atoms with Crippen LogP contribution in [0.25, 0.3) is 0 Å². The van der Waals surface area contributed by atoms with Gasteiger partial charge < -0.3 is 10.2 Å². The zero-order valence-corrected chi connectivity index (χ0v) is 15.9. The van der Waals surface area contributed by atoms with Gasteiger partial charge in [0.25, 0.3) is 5.91 Å². The van der Waals surface area contributed by atoms with Gasteiger partial charge in [0.15, 0.2) is 0 Å². The highest BCUT2D eigenvalue weighted by molar-refractivity contribution is 9.10. The van der Waals surface area contributed by atoms with E-state index in [9.17, 15) is 4.79 Å². The minimum atomic E-state index is 0.0687. The highest BCUT2D eigenvalue weighted by Crippen LogP contribution is 2.20. The van der Waals surface area contributed by atoms with Crippen molar-refractivity contribution in [3.63, 3.8) is 0 Å². The average molecular weight is 391 g/mol. The number of carbonyl (C=O) groups is 1. The van der Waals surface area contributed by atoms with E-state index in [4.69, 9.17) is 0 Å². The largest absolute Gasteiger partial charge is 0.337 e. The van der Waals surface area contributed by atoms with E-state index < -0.39 is 0 Å². The zero-order chi connectivity index (χ0) is 17.3. The molecule has 1 aromatic carbocycles. The van der Waals surface area contributed by atoms with Crippen LogP contribution in [0.5, 0.6) is 0 Å². The van der Waals surface area contributed by atoms with E-state index in [1.54, 1.807) is 0 Å². The lowest BCUT2D eigenvalue weighted by molar-refractivity contribution is 0.0742. The predicted molar refractivity (Wildman–Crippen MR) is 98.3 cm³/mol. The van der Waals surface area contributed by atoms with Crippen molar-refractivity contribution in [2.75, 3.05) is 20.1 Å². The number of aryl methyl sites for hydroxylation is 1. The van der Waals surface area contributed by atoms with Gasteiger partial charge in [-0.2, -0.15) is 5.10 Å². The van der Waals surface area contributed by atoms with Crippen molar-refractivity contribution in [1.82, 2.24) is 20.0 Å². The summed E-state index contributed by atoms with van der Waals surface area (Å²) in [5.41, 5.74) is 3.61. The molecule has 1 aliphatic heterocycles. The van der Waals surface area contributed by atoms with Crippen LogP contribution in [-0.4, -0.2) is 46.8 Å². The summed E-state index contributed by atoms with van der Waals surface area (Å²) in [7, 11) is 1.89. The van der Waals surface area contributed by atoms with Crippen molar-refractivity contribution in [2.24, 2.45) is 0 Å². The van der Waals surface area contributed by atoms with Gasteiger partial charge in [0.05, 0.1) is 17.8 Å². The molecule has 0 unspecified atom stereocenters. The molecule has 3 rings (SSSR count). The summed E-state index contributed by atoms with van der Waals surface area (Å²) >= 11 is 3.50. The Morgan fingerprint density at radius 2 is 2.25 bits per heavy atom. The number of hydrogen-bond donors (Lipinski definition) is 1. The lowest BCUT2D eigenvalue weighted by Gasteiger charge is -2.24. The number of hydrogen-bond acceptors (Lipinski definition) is 3. The number of nitrogens with zero attached hydrogens (tertiary/aromatic N) is 3. The molecule has 1 aliphatic rings. The topological polar surface area (TPSA) is 50.2 Å². The second-order valence-electron chi connectivity index (χ2n) is 6.40. The van der Waals surface area contributed by atoms with Crippen LogP contribution in [0.1, 0.15) is 33.7 Å². The Kier molecular flexibility index (Phi) is 5.06. The number of benzene rings is 1. The number of carbonyl (C=O) groups excluding carboxylic acids is 1. The van der Waals surface area contributed by atoms with Gasteiger partial charge in [-0.15, -0.1) is 0 Å². The minimum absolute atomic E-state index is 0.0687. The summed E-state index contributed by atoms with van der Waals surface area (Å²) in [4.78, 5) is 14.8. The molecule has 1 N–H and O–H groups in total. The van der Waals surface area contributed by atoms with Gasteiger partial charge in [0, 0.05) is 29.8 Å². The second kappa shape index (κ2) is 7.07. The van der Waals surface area contributed by atoms with E-state index in [0.29, 0.717) is 6.54 Å². The third-order valence-corrected chi connectivity index (χ3v) is 5.21. The Morgan fingerprint density at radius 3 is 2.92 bits per heavy atom. The van der Waals surface area contributed by atoms with Crippen LogP contribution < -0.4 is 5.32 Å². The third kappa shape index (κ3) is 3.39. The summed E-state index contributed by atoms with van der Waals surface area (Å²) < 4.78 is 2.97. The molecule has 128 valence electrons. The second-order valence-corrected chi connectivity index (χ2v) is 7.31. The van der Waals surface area contributed by atoms with Crippen molar-refractivity contribution in [3.8, 4) is 0 Å². The van der Waals surface area contributed by atoms with Crippen molar-refractivity contribution in [3.05, 3.63) is 51.3 Å². The predicted octanol–water partition coefficient (Wildman–Crippen LogP) is 2.74. The van der Waals surface area contributed by atoms with Crippen LogP contribution in [0.2, 0.25) is 0 Å². The van der Waals surface area contributed by atoms with E-state index in [0.717, 1.165) is 46.5 Å². The Balaban J connectivity index is 1.84. The molecule has 6 heteroatoms. The smallest absolute Gasteiger partial charge is 0.257 e. The lowest BCUT2D eigenvalue weighted by atomic mass is 10.1. The Hall–Kier alpha value is -1.66. The van der Waals surface area contributed by atoms with Crippen LogP contribution in [0.4, 0.5) is 0 Å². The number of nitrogens with one attached hydrogen (secondary N) is 1. The molecule has 0 radical (unpaired) electrons. The van der Waals surface area contributed by atoms with Gasteiger partial charge in [0.2, 0.25) is 0 Å². The van der Waals surface area contributed by atoms with Gasteiger partial charge in [0.1, 0.15) is 0 Å².